The molecule has 2 rings (SSSR count). The van der Waals surface area contributed by atoms with Crippen molar-refractivity contribution < 1.29 is 0 Å². The summed E-state index contributed by atoms with van der Waals surface area (Å²) in [6, 6.07) is 16.2. The summed E-state index contributed by atoms with van der Waals surface area (Å²) in [5.74, 6) is 0. The number of hydrogen-bond acceptors (Lipinski definition) is 1. The lowest BCUT2D eigenvalue weighted by Crippen LogP contribution is -2.11. The summed E-state index contributed by atoms with van der Waals surface area (Å²) in [6.07, 6.45) is 0. The van der Waals surface area contributed by atoms with E-state index in [1.807, 2.05) is 42.5 Å². The van der Waals surface area contributed by atoms with Gasteiger partial charge >= 0.3 is 0 Å². The first-order valence-electron chi connectivity index (χ1n) is 6.78. The van der Waals surface area contributed by atoms with Crippen LogP contribution in [0.2, 0.25) is 0 Å². The maximum atomic E-state index is 6.37. The quantitative estimate of drug-likeness (QED) is 0.636. The highest BCUT2D eigenvalue weighted by atomic mass is 35.5. The van der Waals surface area contributed by atoms with E-state index >= 15 is 0 Å². The Kier molecular flexibility index (Phi) is 4.29. The van der Waals surface area contributed by atoms with Crippen LogP contribution in [-0.2, 0) is 5.41 Å². The molecule has 0 saturated carbocycles. The van der Waals surface area contributed by atoms with Gasteiger partial charge in [-0.25, -0.2) is 4.99 Å². The minimum Gasteiger partial charge on any atom is -0.236 e. The van der Waals surface area contributed by atoms with E-state index in [1.165, 1.54) is 11.1 Å². The predicted molar refractivity (Wildman–Crippen MR) is 88.4 cm³/mol. The van der Waals surface area contributed by atoms with Crippen LogP contribution in [0.4, 0.5) is 5.69 Å². The Morgan fingerprint density at radius 2 is 1.55 bits per heavy atom. The van der Waals surface area contributed by atoms with Crippen LogP contribution in [-0.4, -0.2) is 5.17 Å². The first kappa shape index (κ1) is 14.8. The fourth-order valence-corrected chi connectivity index (χ4v) is 2.28. The van der Waals surface area contributed by atoms with Gasteiger partial charge in [-0.15, -0.1) is 0 Å². The van der Waals surface area contributed by atoms with Crippen LogP contribution in [0.5, 0.6) is 0 Å². The van der Waals surface area contributed by atoms with Gasteiger partial charge in [0.25, 0.3) is 0 Å². The Labute approximate surface area is 126 Å². The number of aliphatic imine (C=N–C) groups is 1. The van der Waals surface area contributed by atoms with E-state index in [-0.39, 0.29) is 5.41 Å². The summed E-state index contributed by atoms with van der Waals surface area (Å²) in [5, 5.41) is 0.529. The normalized spacial score (nSPS) is 12.6. The lowest BCUT2D eigenvalue weighted by Gasteiger charge is -2.21. The molecule has 0 spiro atoms. The van der Waals surface area contributed by atoms with Crippen molar-refractivity contribution in [3.63, 3.8) is 0 Å². The van der Waals surface area contributed by atoms with Gasteiger partial charge in [0.15, 0.2) is 0 Å². The molecule has 0 aliphatic carbocycles. The van der Waals surface area contributed by atoms with Crippen molar-refractivity contribution in [2.24, 2.45) is 4.99 Å². The van der Waals surface area contributed by atoms with Crippen molar-refractivity contribution in [3.8, 4) is 0 Å². The number of hydrogen-bond donors (Lipinski definition) is 0. The molecule has 0 N–H and O–H groups in total. The van der Waals surface area contributed by atoms with Gasteiger partial charge in [-0.05, 0) is 24.0 Å². The molecular formula is C18H20ClN. The first-order valence-corrected chi connectivity index (χ1v) is 7.16. The van der Waals surface area contributed by atoms with Gasteiger partial charge in [0.1, 0.15) is 5.17 Å². The number of nitrogens with zero attached hydrogens (tertiary/aromatic N) is 1. The second-order valence-corrected chi connectivity index (χ2v) is 6.39. The summed E-state index contributed by atoms with van der Waals surface area (Å²) in [4.78, 5) is 4.61. The standard InChI is InChI=1S/C18H20ClN/c1-13-9-11-14(12-10-13)17(19)20-16-8-6-5-7-15(16)18(2,3)4/h5-12H,1-4H3. The van der Waals surface area contributed by atoms with E-state index in [1.54, 1.807) is 0 Å². The van der Waals surface area contributed by atoms with Crippen LogP contribution in [0.15, 0.2) is 53.5 Å². The summed E-state index contributed by atoms with van der Waals surface area (Å²) in [7, 11) is 0. The molecule has 0 aromatic heterocycles. The summed E-state index contributed by atoms with van der Waals surface area (Å²) in [5.41, 5.74) is 4.34. The molecule has 2 aromatic rings. The highest BCUT2D eigenvalue weighted by Gasteiger charge is 2.17. The number of aryl methyl sites for hydroxylation is 1. The molecule has 0 fully saturated rings. The molecular weight excluding hydrogens is 266 g/mol. The van der Waals surface area contributed by atoms with E-state index in [9.17, 15) is 0 Å². The topological polar surface area (TPSA) is 12.4 Å². The molecule has 0 atom stereocenters. The summed E-state index contributed by atoms with van der Waals surface area (Å²) in [6.45, 7) is 8.60. The Morgan fingerprint density at radius 3 is 2.15 bits per heavy atom. The monoisotopic (exact) mass is 285 g/mol. The maximum absolute atomic E-state index is 6.37. The molecule has 0 saturated heterocycles. The number of benzene rings is 2. The van der Waals surface area contributed by atoms with Crippen LogP contribution in [0, 0.1) is 6.92 Å². The van der Waals surface area contributed by atoms with Crippen LogP contribution < -0.4 is 0 Å². The Hall–Kier alpha value is -1.60. The highest BCUT2D eigenvalue weighted by molar-refractivity contribution is 6.69. The molecule has 0 bridgehead atoms. The largest absolute Gasteiger partial charge is 0.236 e. The van der Waals surface area contributed by atoms with Crippen molar-refractivity contribution in [1.82, 2.24) is 0 Å². The number of halogens is 1. The minimum absolute atomic E-state index is 0.0462. The molecule has 0 amide bonds. The van der Waals surface area contributed by atoms with Crippen molar-refractivity contribution in [2.45, 2.75) is 33.1 Å². The second-order valence-electron chi connectivity index (χ2n) is 6.04. The van der Waals surface area contributed by atoms with Gasteiger partial charge in [-0.2, -0.15) is 0 Å². The van der Waals surface area contributed by atoms with Gasteiger partial charge in [-0.1, -0.05) is 80.4 Å². The third-order valence-corrected chi connectivity index (χ3v) is 3.52. The SMILES string of the molecule is Cc1ccc(C(Cl)=Nc2ccccc2C(C)(C)C)cc1. The van der Waals surface area contributed by atoms with Crippen molar-refractivity contribution in [2.75, 3.05) is 0 Å². The molecule has 2 heteroatoms. The third-order valence-electron chi connectivity index (χ3n) is 3.22. The van der Waals surface area contributed by atoms with Crippen LogP contribution in [0.25, 0.3) is 0 Å². The zero-order valence-corrected chi connectivity index (χ0v) is 13.2. The zero-order chi connectivity index (χ0) is 14.8. The molecule has 0 aliphatic heterocycles. The lowest BCUT2D eigenvalue weighted by atomic mass is 9.86. The Bertz CT molecular complexity index is 619. The van der Waals surface area contributed by atoms with E-state index in [2.05, 4.69) is 38.8 Å². The molecule has 104 valence electrons. The number of para-hydroxylation sites is 1. The first-order chi connectivity index (χ1) is 9.38. The average molecular weight is 286 g/mol. The molecule has 2 aromatic carbocycles. The molecule has 0 heterocycles. The van der Waals surface area contributed by atoms with Crippen molar-refractivity contribution in [3.05, 3.63) is 65.2 Å². The molecule has 0 aliphatic rings. The van der Waals surface area contributed by atoms with E-state index < -0.39 is 0 Å². The van der Waals surface area contributed by atoms with E-state index in [0.29, 0.717) is 5.17 Å². The zero-order valence-electron chi connectivity index (χ0n) is 12.4. The van der Waals surface area contributed by atoms with E-state index in [0.717, 1.165) is 11.3 Å². The fraction of sp³-hybridized carbons (Fsp3) is 0.278. The fourth-order valence-electron chi connectivity index (χ4n) is 2.07. The summed E-state index contributed by atoms with van der Waals surface area (Å²) < 4.78 is 0. The van der Waals surface area contributed by atoms with Gasteiger partial charge < -0.3 is 0 Å². The Morgan fingerprint density at radius 1 is 0.950 bits per heavy atom. The molecule has 1 nitrogen and oxygen atoms in total. The van der Waals surface area contributed by atoms with Crippen LogP contribution in [0.3, 0.4) is 0 Å². The maximum Gasteiger partial charge on any atom is 0.136 e. The minimum atomic E-state index is 0.0462. The lowest BCUT2D eigenvalue weighted by molar-refractivity contribution is 0.591. The molecule has 0 unspecified atom stereocenters. The van der Waals surface area contributed by atoms with Crippen LogP contribution in [0.1, 0.15) is 37.5 Å². The van der Waals surface area contributed by atoms with Crippen LogP contribution >= 0.6 is 11.6 Å². The molecule has 20 heavy (non-hydrogen) atoms. The Balaban J connectivity index is 2.43. The van der Waals surface area contributed by atoms with Crippen molar-refractivity contribution in [1.29, 1.82) is 0 Å². The summed E-state index contributed by atoms with van der Waals surface area (Å²) >= 11 is 6.37. The third kappa shape index (κ3) is 3.49. The van der Waals surface area contributed by atoms with Gasteiger partial charge in [0.2, 0.25) is 0 Å². The van der Waals surface area contributed by atoms with E-state index in [4.69, 9.17) is 11.6 Å². The smallest absolute Gasteiger partial charge is 0.136 e. The van der Waals surface area contributed by atoms with Crippen molar-refractivity contribution >= 4 is 22.5 Å². The van der Waals surface area contributed by atoms with Gasteiger partial charge in [-0.3, -0.25) is 0 Å². The average Bonchev–Trinajstić information content (AvgIpc) is 2.38. The predicted octanol–water partition coefficient (Wildman–Crippen LogP) is 5.61. The molecule has 0 radical (unpaired) electrons. The number of rotatable bonds is 2. The second kappa shape index (κ2) is 5.80. The van der Waals surface area contributed by atoms with Gasteiger partial charge in [0, 0.05) is 5.56 Å². The highest BCUT2D eigenvalue weighted by Crippen LogP contribution is 2.31. The van der Waals surface area contributed by atoms with Gasteiger partial charge in [0.05, 0.1) is 5.69 Å².